The molecule has 23 heavy (non-hydrogen) atoms. The number of halogens is 1. The SMILES string of the molecule is Cc1noc(C2CN(Cc3ccc(Br)s3)C2)n1.O=C(O)C(=O)O. The molecule has 8 nitrogen and oxygen atoms in total. The van der Waals surface area contributed by atoms with E-state index in [1.54, 1.807) is 11.3 Å². The molecule has 0 aromatic carbocycles. The van der Waals surface area contributed by atoms with Crippen molar-refractivity contribution in [2.24, 2.45) is 0 Å². The van der Waals surface area contributed by atoms with Crippen molar-refractivity contribution in [3.63, 3.8) is 0 Å². The van der Waals surface area contributed by atoms with Gasteiger partial charge in [0, 0.05) is 24.5 Å². The molecule has 3 rings (SSSR count). The van der Waals surface area contributed by atoms with Crippen molar-refractivity contribution in [2.45, 2.75) is 19.4 Å². The minimum atomic E-state index is -1.82. The lowest BCUT2D eigenvalue weighted by molar-refractivity contribution is -0.159. The molecule has 1 saturated heterocycles. The van der Waals surface area contributed by atoms with Gasteiger partial charge in [0.1, 0.15) is 0 Å². The van der Waals surface area contributed by atoms with Crippen molar-refractivity contribution in [3.8, 4) is 0 Å². The summed E-state index contributed by atoms with van der Waals surface area (Å²) in [4.78, 5) is 26.2. The molecule has 0 unspecified atom stereocenters. The number of aryl methyl sites for hydroxylation is 1. The fraction of sp³-hybridized carbons (Fsp3) is 0.385. The smallest absolute Gasteiger partial charge is 0.414 e. The van der Waals surface area contributed by atoms with Crippen molar-refractivity contribution in [3.05, 3.63) is 32.5 Å². The molecule has 0 aliphatic carbocycles. The maximum atomic E-state index is 9.10. The van der Waals surface area contributed by atoms with Crippen molar-refractivity contribution in [1.29, 1.82) is 0 Å². The Labute approximate surface area is 143 Å². The Bertz CT molecular complexity index is 683. The lowest BCUT2D eigenvalue weighted by Gasteiger charge is -2.36. The molecule has 0 bridgehead atoms. The predicted molar refractivity (Wildman–Crippen MR) is 84.3 cm³/mol. The van der Waals surface area contributed by atoms with Crippen LogP contribution in [-0.4, -0.2) is 50.3 Å². The van der Waals surface area contributed by atoms with E-state index >= 15 is 0 Å². The van der Waals surface area contributed by atoms with Gasteiger partial charge in [0.15, 0.2) is 5.82 Å². The van der Waals surface area contributed by atoms with E-state index in [9.17, 15) is 0 Å². The first kappa shape index (κ1) is 17.6. The van der Waals surface area contributed by atoms with Crippen molar-refractivity contribution >= 4 is 39.2 Å². The minimum Gasteiger partial charge on any atom is -0.473 e. The third-order valence-corrected chi connectivity index (χ3v) is 4.65. The summed E-state index contributed by atoms with van der Waals surface area (Å²) >= 11 is 5.27. The molecule has 0 saturated carbocycles. The topological polar surface area (TPSA) is 117 Å². The second-order valence-electron chi connectivity index (χ2n) is 4.89. The highest BCUT2D eigenvalue weighted by Crippen LogP contribution is 2.29. The van der Waals surface area contributed by atoms with Crippen LogP contribution in [0.25, 0.3) is 0 Å². The molecule has 1 aliphatic rings. The Hall–Kier alpha value is -1.78. The van der Waals surface area contributed by atoms with Crippen molar-refractivity contribution in [1.82, 2.24) is 15.0 Å². The molecule has 3 heterocycles. The summed E-state index contributed by atoms with van der Waals surface area (Å²) < 4.78 is 6.37. The van der Waals surface area contributed by atoms with Crippen LogP contribution in [0.3, 0.4) is 0 Å². The second-order valence-corrected chi connectivity index (χ2v) is 7.43. The average molecular weight is 404 g/mol. The molecule has 0 radical (unpaired) electrons. The highest BCUT2D eigenvalue weighted by atomic mass is 79.9. The molecule has 0 spiro atoms. The number of carboxylic acid groups (broad SMARTS) is 2. The van der Waals surface area contributed by atoms with E-state index < -0.39 is 11.9 Å². The van der Waals surface area contributed by atoms with E-state index in [1.165, 1.54) is 8.66 Å². The minimum absolute atomic E-state index is 0.416. The van der Waals surface area contributed by atoms with E-state index in [4.69, 9.17) is 24.3 Å². The Morgan fingerprint density at radius 2 is 2.04 bits per heavy atom. The van der Waals surface area contributed by atoms with Crippen molar-refractivity contribution < 1.29 is 24.3 Å². The van der Waals surface area contributed by atoms with Crippen LogP contribution < -0.4 is 0 Å². The highest BCUT2D eigenvalue weighted by Gasteiger charge is 2.32. The fourth-order valence-electron chi connectivity index (χ4n) is 1.99. The molecule has 1 fully saturated rings. The normalized spacial score (nSPS) is 14.7. The number of hydrogen-bond donors (Lipinski definition) is 2. The Morgan fingerprint density at radius 1 is 1.39 bits per heavy atom. The summed E-state index contributed by atoms with van der Waals surface area (Å²) in [7, 11) is 0. The zero-order valence-corrected chi connectivity index (χ0v) is 14.5. The van der Waals surface area contributed by atoms with Gasteiger partial charge in [-0.15, -0.1) is 11.3 Å². The number of aromatic nitrogens is 2. The zero-order valence-electron chi connectivity index (χ0n) is 12.1. The number of rotatable bonds is 3. The Morgan fingerprint density at radius 3 is 2.48 bits per heavy atom. The fourth-order valence-corrected chi connectivity index (χ4v) is 3.52. The van der Waals surface area contributed by atoms with Crippen LogP contribution in [0.1, 0.15) is 22.5 Å². The third kappa shape index (κ3) is 5.12. The monoisotopic (exact) mass is 403 g/mol. The third-order valence-electron chi connectivity index (χ3n) is 3.04. The van der Waals surface area contributed by atoms with Crippen LogP contribution >= 0.6 is 27.3 Å². The largest absolute Gasteiger partial charge is 0.473 e. The van der Waals surface area contributed by atoms with Gasteiger partial charge in [0.2, 0.25) is 5.89 Å². The second kappa shape index (κ2) is 7.66. The molecule has 2 N–H and O–H groups in total. The number of aliphatic carboxylic acids is 2. The Balaban J connectivity index is 0.000000277. The van der Waals surface area contributed by atoms with Gasteiger partial charge in [-0.05, 0) is 35.0 Å². The van der Waals surface area contributed by atoms with Crippen LogP contribution in [0, 0.1) is 6.92 Å². The van der Waals surface area contributed by atoms with Gasteiger partial charge in [-0.3, -0.25) is 4.90 Å². The number of carboxylic acids is 2. The molecule has 1 aliphatic heterocycles. The number of carbonyl (C=O) groups is 2. The number of likely N-dealkylation sites (tertiary alicyclic amines) is 1. The summed E-state index contributed by atoms with van der Waals surface area (Å²) in [6.45, 7) is 4.89. The van der Waals surface area contributed by atoms with Crippen LogP contribution in [0.5, 0.6) is 0 Å². The summed E-state index contributed by atoms with van der Waals surface area (Å²) in [5, 5.41) is 18.6. The molecular formula is C13H14BrN3O5S. The first-order valence-electron chi connectivity index (χ1n) is 6.58. The zero-order chi connectivity index (χ0) is 17.0. The van der Waals surface area contributed by atoms with Crippen molar-refractivity contribution in [2.75, 3.05) is 13.1 Å². The summed E-state index contributed by atoms with van der Waals surface area (Å²) in [6, 6.07) is 4.26. The van der Waals surface area contributed by atoms with Gasteiger partial charge in [-0.1, -0.05) is 5.16 Å². The quantitative estimate of drug-likeness (QED) is 0.746. The average Bonchev–Trinajstić information content (AvgIpc) is 3.03. The lowest BCUT2D eigenvalue weighted by Crippen LogP contribution is -2.44. The molecule has 0 amide bonds. The summed E-state index contributed by atoms with van der Waals surface area (Å²) in [5.74, 6) is -1.73. The summed E-state index contributed by atoms with van der Waals surface area (Å²) in [6.07, 6.45) is 0. The van der Waals surface area contributed by atoms with E-state index in [1.807, 2.05) is 6.92 Å². The van der Waals surface area contributed by atoms with Crippen LogP contribution in [-0.2, 0) is 16.1 Å². The van der Waals surface area contributed by atoms with Gasteiger partial charge in [0.25, 0.3) is 0 Å². The molecule has 0 atom stereocenters. The predicted octanol–water partition coefficient (Wildman–Crippen LogP) is 1.96. The molecule has 2 aromatic heterocycles. The van der Waals surface area contributed by atoms with Gasteiger partial charge < -0.3 is 14.7 Å². The lowest BCUT2D eigenvalue weighted by atomic mass is 10.0. The first-order valence-corrected chi connectivity index (χ1v) is 8.19. The Kier molecular flexibility index (Phi) is 5.85. The van der Waals surface area contributed by atoms with Gasteiger partial charge in [-0.2, -0.15) is 4.98 Å². The standard InChI is InChI=1S/C11H12BrN3OS.C2H2O4/c1-7-13-11(16-14-7)8-4-15(5-8)6-9-2-3-10(12)17-9;3-1(4)2(5)6/h2-3,8H,4-6H2,1H3;(H,3,4)(H,5,6). The number of hydrogen-bond acceptors (Lipinski definition) is 7. The summed E-state index contributed by atoms with van der Waals surface area (Å²) in [5.41, 5.74) is 0. The van der Waals surface area contributed by atoms with E-state index in [0.29, 0.717) is 5.92 Å². The maximum Gasteiger partial charge on any atom is 0.414 e. The van der Waals surface area contributed by atoms with Crippen LogP contribution in [0.15, 0.2) is 20.4 Å². The van der Waals surface area contributed by atoms with Gasteiger partial charge in [-0.25, -0.2) is 9.59 Å². The van der Waals surface area contributed by atoms with E-state index in [-0.39, 0.29) is 0 Å². The molecule has 10 heteroatoms. The van der Waals surface area contributed by atoms with Crippen LogP contribution in [0.2, 0.25) is 0 Å². The highest BCUT2D eigenvalue weighted by molar-refractivity contribution is 9.11. The van der Waals surface area contributed by atoms with E-state index in [0.717, 1.165) is 31.3 Å². The number of thiophene rings is 1. The van der Waals surface area contributed by atoms with Gasteiger partial charge in [0.05, 0.1) is 9.70 Å². The molecule has 124 valence electrons. The van der Waals surface area contributed by atoms with Gasteiger partial charge >= 0.3 is 11.9 Å². The molecule has 2 aromatic rings. The van der Waals surface area contributed by atoms with E-state index in [2.05, 4.69) is 43.1 Å². The number of nitrogens with zero attached hydrogens (tertiary/aromatic N) is 3. The first-order chi connectivity index (χ1) is 10.8. The molecular weight excluding hydrogens is 390 g/mol. The van der Waals surface area contributed by atoms with Crippen LogP contribution in [0.4, 0.5) is 0 Å². The maximum absolute atomic E-state index is 9.10.